The highest BCUT2D eigenvalue weighted by Gasteiger charge is 2.24. The Balaban J connectivity index is 1.63. The molecule has 3 rings (SSSR count). The van der Waals surface area contributed by atoms with Crippen molar-refractivity contribution >= 4 is 11.7 Å². The maximum absolute atomic E-state index is 12.5. The molecule has 1 aliphatic heterocycles. The maximum atomic E-state index is 12.5. The zero-order chi connectivity index (χ0) is 19.2. The molecule has 1 heterocycles. The Morgan fingerprint density at radius 2 is 2.00 bits per heavy atom. The van der Waals surface area contributed by atoms with Crippen LogP contribution in [0.2, 0.25) is 0 Å². The zero-order valence-electron chi connectivity index (χ0n) is 15.3. The molecule has 2 amide bonds. The number of hydrogen-bond acceptors (Lipinski definition) is 5. The Bertz CT molecular complexity index is 845. The van der Waals surface area contributed by atoms with Gasteiger partial charge in [0.15, 0.2) is 6.29 Å². The predicted octanol–water partition coefficient (Wildman–Crippen LogP) is 3.50. The van der Waals surface area contributed by atoms with Gasteiger partial charge in [-0.05, 0) is 55.0 Å². The lowest BCUT2D eigenvalue weighted by atomic mass is 10.2. The molecule has 27 heavy (non-hydrogen) atoms. The van der Waals surface area contributed by atoms with Crippen molar-refractivity contribution in [3.63, 3.8) is 0 Å². The fourth-order valence-electron chi connectivity index (χ4n) is 2.71. The second kappa shape index (κ2) is 8.54. The first kappa shape index (κ1) is 18.7. The second-order valence-corrected chi connectivity index (χ2v) is 6.13. The predicted molar refractivity (Wildman–Crippen MR) is 99.8 cm³/mol. The molecule has 0 saturated carbocycles. The Morgan fingerprint density at radius 1 is 1.26 bits per heavy atom. The first-order valence-corrected chi connectivity index (χ1v) is 8.58. The topological polar surface area (TPSA) is 83.8 Å². The van der Waals surface area contributed by atoms with Crippen LogP contribution in [0.1, 0.15) is 11.1 Å². The minimum atomic E-state index is -0.395. The van der Waals surface area contributed by atoms with Crippen LogP contribution in [0.15, 0.2) is 42.5 Å². The molecule has 1 unspecified atom stereocenters. The average Bonchev–Trinajstić information content (AvgIpc) is 2.70. The van der Waals surface area contributed by atoms with Crippen molar-refractivity contribution in [2.45, 2.75) is 13.2 Å². The van der Waals surface area contributed by atoms with Gasteiger partial charge in [-0.15, -0.1) is 0 Å². The molecule has 2 aromatic rings. The number of nitriles is 1. The van der Waals surface area contributed by atoms with Gasteiger partial charge < -0.3 is 24.4 Å². The minimum absolute atomic E-state index is 0.191. The number of morpholine rings is 1. The van der Waals surface area contributed by atoms with Gasteiger partial charge in [-0.25, -0.2) is 4.79 Å². The van der Waals surface area contributed by atoms with E-state index in [2.05, 4.69) is 11.4 Å². The molecule has 1 fully saturated rings. The van der Waals surface area contributed by atoms with Gasteiger partial charge in [-0.1, -0.05) is 0 Å². The molecule has 7 nitrogen and oxygen atoms in total. The number of anilines is 1. The third-order valence-corrected chi connectivity index (χ3v) is 4.24. The van der Waals surface area contributed by atoms with Crippen molar-refractivity contribution in [3.8, 4) is 17.6 Å². The highest BCUT2D eigenvalue weighted by atomic mass is 16.7. The molecule has 0 aliphatic carbocycles. The van der Waals surface area contributed by atoms with Crippen LogP contribution in [-0.4, -0.2) is 44.0 Å². The van der Waals surface area contributed by atoms with Crippen molar-refractivity contribution in [1.82, 2.24) is 4.90 Å². The lowest BCUT2D eigenvalue weighted by Crippen LogP contribution is -2.47. The number of aryl methyl sites for hydroxylation is 1. The van der Waals surface area contributed by atoms with Gasteiger partial charge in [0, 0.05) is 19.3 Å². The van der Waals surface area contributed by atoms with E-state index in [1.54, 1.807) is 48.4 Å². The van der Waals surface area contributed by atoms with E-state index >= 15 is 0 Å². The number of nitrogens with one attached hydrogen (secondary N) is 1. The average molecular weight is 367 g/mol. The summed E-state index contributed by atoms with van der Waals surface area (Å²) in [5.41, 5.74) is 2.18. The van der Waals surface area contributed by atoms with Crippen molar-refractivity contribution in [2.24, 2.45) is 0 Å². The molecule has 140 valence electrons. The van der Waals surface area contributed by atoms with Crippen molar-refractivity contribution in [1.29, 1.82) is 5.26 Å². The minimum Gasteiger partial charge on any atom is -0.457 e. The van der Waals surface area contributed by atoms with Crippen molar-refractivity contribution in [3.05, 3.63) is 53.6 Å². The van der Waals surface area contributed by atoms with E-state index in [-0.39, 0.29) is 6.03 Å². The van der Waals surface area contributed by atoms with Gasteiger partial charge in [-0.2, -0.15) is 5.26 Å². The molecule has 0 aromatic heterocycles. The molecule has 0 radical (unpaired) electrons. The molecule has 0 bridgehead atoms. The van der Waals surface area contributed by atoms with E-state index in [9.17, 15) is 4.79 Å². The first-order valence-electron chi connectivity index (χ1n) is 8.58. The summed E-state index contributed by atoms with van der Waals surface area (Å²) in [6.45, 7) is 3.26. The highest BCUT2D eigenvalue weighted by Crippen LogP contribution is 2.26. The van der Waals surface area contributed by atoms with Gasteiger partial charge in [0.05, 0.1) is 24.8 Å². The van der Waals surface area contributed by atoms with E-state index in [4.69, 9.17) is 19.5 Å². The third-order valence-electron chi connectivity index (χ3n) is 4.24. The standard InChI is InChI=1S/C20H21N3O4/c1-14-11-17(27-16-5-3-15(12-21)4-6-16)7-8-18(14)22-20(24)23-9-10-26-19(13-23)25-2/h3-8,11,19H,9-10,13H2,1-2H3,(H,22,24). The first-order chi connectivity index (χ1) is 13.1. The van der Waals surface area contributed by atoms with Gasteiger partial charge >= 0.3 is 6.03 Å². The Morgan fingerprint density at radius 3 is 2.67 bits per heavy atom. The molecule has 2 aromatic carbocycles. The quantitative estimate of drug-likeness (QED) is 0.894. The van der Waals surface area contributed by atoms with Crippen LogP contribution in [0.4, 0.5) is 10.5 Å². The van der Waals surface area contributed by atoms with Gasteiger partial charge in [-0.3, -0.25) is 0 Å². The number of benzene rings is 2. The van der Waals surface area contributed by atoms with E-state index in [1.165, 1.54) is 0 Å². The van der Waals surface area contributed by atoms with Gasteiger partial charge in [0.25, 0.3) is 0 Å². The van der Waals surface area contributed by atoms with Gasteiger partial charge in [0.1, 0.15) is 11.5 Å². The number of ether oxygens (including phenoxy) is 3. The number of amides is 2. The Kier molecular flexibility index (Phi) is 5.91. The molecular weight excluding hydrogens is 346 g/mol. The van der Waals surface area contributed by atoms with Crippen LogP contribution >= 0.6 is 0 Å². The van der Waals surface area contributed by atoms with E-state index < -0.39 is 6.29 Å². The zero-order valence-corrected chi connectivity index (χ0v) is 15.3. The number of carbonyl (C=O) groups excluding carboxylic acids is 1. The van der Waals surface area contributed by atoms with E-state index in [1.807, 2.05) is 13.0 Å². The third kappa shape index (κ3) is 4.76. The van der Waals surface area contributed by atoms with Crippen LogP contribution in [0, 0.1) is 18.3 Å². The summed E-state index contributed by atoms with van der Waals surface area (Å²) in [4.78, 5) is 14.1. The SMILES string of the molecule is COC1CN(C(=O)Nc2ccc(Oc3ccc(C#N)cc3)cc2C)CCO1. The highest BCUT2D eigenvalue weighted by molar-refractivity contribution is 5.90. The summed E-state index contributed by atoms with van der Waals surface area (Å²) in [6.07, 6.45) is -0.395. The summed E-state index contributed by atoms with van der Waals surface area (Å²) in [5, 5.41) is 11.8. The van der Waals surface area contributed by atoms with Crippen molar-refractivity contribution in [2.75, 3.05) is 32.1 Å². The van der Waals surface area contributed by atoms with Crippen LogP contribution in [0.5, 0.6) is 11.5 Å². The van der Waals surface area contributed by atoms with E-state index in [0.29, 0.717) is 42.4 Å². The Labute approximate surface area is 158 Å². The number of rotatable bonds is 4. The number of nitrogens with zero attached hydrogens (tertiary/aromatic N) is 2. The number of methoxy groups -OCH3 is 1. The van der Waals surface area contributed by atoms with Crippen LogP contribution in [0.3, 0.4) is 0 Å². The lowest BCUT2D eigenvalue weighted by molar-refractivity contribution is -0.155. The summed E-state index contributed by atoms with van der Waals surface area (Å²) in [5.74, 6) is 1.30. The summed E-state index contributed by atoms with van der Waals surface area (Å²) in [7, 11) is 1.56. The number of hydrogen-bond donors (Lipinski definition) is 1. The van der Waals surface area contributed by atoms with Crippen molar-refractivity contribution < 1.29 is 19.0 Å². The summed E-state index contributed by atoms with van der Waals surface area (Å²) < 4.78 is 16.3. The molecule has 7 heteroatoms. The fourth-order valence-corrected chi connectivity index (χ4v) is 2.71. The maximum Gasteiger partial charge on any atom is 0.322 e. The summed E-state index contributed by atoms with van der Waals surface area (Å²) in [6, 6.07) is 14.2. The number of urea groups is 1. The largest absolute Gasteiger partial charge is 0.457 e. The van der Waals surface area contributed by atoms with Crippen LogP contribution < -0.4 is 10.1 Å². The smallest absolute Gasteiger partial charge is 0.322 e. The molecule has 1 atom stereocenters. The second-order valence-electron chi connectivity index (χ2n) is 6.13. The monoisotopic (exact) mass is 367 g/mol. The summed E-state index contributed by atoms with van der Waals surface area (Å²) >= 11 is 0. The molecule has 1 aliphatic rings. The molecular formula is C20H21N3O4. The molecule has 1 N–H and O–H groups in total. The van der Waals surface area contributed by atoms with E-state index in [0.717, 1.165) is 5.56 Å². The number of carbonyl (C=O) groups is 1. The lowest BCUT2D eigenvalue weighted by Gasteiger charge is -2.32. The molecule has 1 saturated heterocycles. The molecule has 0 spiro atoms. The Hall–Kier alpha value is -3.08. The normalized spacial score (nSPS) is 16.5. The van der Waals surface area contributed by atoms with Crippen LogP contribution in [-0.2, 0) is 9.47 Å². The van der Waals surface area contributed by atoms with Gasteiger partial charge in [0.2, 0.25) is 0 Å². The fraction of sp³-hybridized carbons (Fsp3) is 0.300. The van der Waals surface area contributed by atoms with Crippen LogP contribution in [0.25, 0.3) is 0 Å².